The van der Waals surface area contributed by atoms with Crippen LogP contribution in [0.3, 0.4) is 0 Å². The lowest BCUT2D eigenvalue weighted by Gasteiger charge is -2.03. The first-order chi connectivity index (χ1) is 7.75. The smallest absolute Gasteiger partial charge is 0.251 e. The van der Waals surface area contributed by atoms with Crippen LogP contribution in [0.25, 0.3) is 0 Å². The molecule has 0 radical (unpaired) electrons. The zero-order valence-electron chi connectivity index (χ0n) is 8.51. The summed E-state index contributed by atoms with van der Waals surface area (Å²) in [6.07, 6.45) is 1.58. The van der Waals surface area contributed by atoms with Crippen LogP contribution >= 0.6 is 12.6 Å². The van der Waals surface area contributed by atoms with E-state index in [2.05, 4.69) is 17.9 Å². The number of hydrogen-bond acceptors (Lipinski definition) is 3. The van der Waals surface area contributed by atoms with E-state index in [0.717, 1.165) is 10.7 Å². The van der Waals surface area contributed by atoms with Crippen molar-refractivity contribution in [1.82, 2.24) is 5.32 Å². The zero-order chi connectivity index (χ0) is 11.4. The third-order valence-electron chi connectivity index (χ3n) is 2.13. The molecule has 4 heteroatoms. The summed E-state index contributed by atoms with van der Waals surface area (Å²) in [6, 6.07) is 10.6. The lowest BCUT2D eigenvalue weighted by atomic mass is 10.2. The highest BCUT2D eigenvalue weighted by Gasteiger charge is 2.05. The number of benzene rings is 1. The number of rotatable bonds is 3. The van der Waals surface area contributed by atoms with E-state index in [1.165, 1.54) is 0 Å². The van der Waals surface area contributed by atoms with Crippen LogP contribution in [0, 0.1) is 0 Å². The number of amides is 1. The molecule has 2 rings (SSSR count). The Kier molecular flexibility index (Phi) is 3.31. The van der Waals surface area contributed by atoms with Crippen molar-refractivity contribution in [3.05, 3.63) is 54.0 Å². The van der Waals surface area contributed by atoms with Crippen LogP contribution in [0.5, 0.6) is 0 Å². The van der Waals surface area contributed by atoms with E-state index in [1.807, 2.05) is 6.07 Å². The molecule has 0 spiro atoms. The third kappa shape index (κ3) is 2.67. The maximum absolute atomic E-state index is 11.7. The number of hydrogen-bond donors (Lipinski definition) is 2. The average Bonchev–Trinajstić information content (AvgIpc) is 2.80. The Morgan fingerprint density at radius 1 is 1.25 bits per heavy atom. The molecule has 0 aliphatic heterocycles. The zero-order valence-corrected chi connectivity index (χ0v) is 9.41. The molecule has 1 aromatic heterocycles. The first-order valence-corrected chi connectivity index (χ1v) is 5.30. The van der Waals surface area contributed by atoms with Crippen molar-refractivity contribution in [3.63, 3.8) is 0 Å². The lowest BCUT2D eigenvalue weighted by molar-refractivity contribution is 0.0948. The summed E-state index contributed by atoms with van der Waals surface area (Å²) in [5.41, 5.74) is 0.615. The molecule has 0 atom stereocenters. The van der Waals surface area contributed by atoms with Gasteiger partial charge in [-0.25, -0.2) is 0 Å². The predicted octanol–water partition coefficient (Wildman–Crippen LogP) is 2.50. The summed E-state index contributed by atoms with van der Waals surface area (Å²) in [7, 11) is 0. The Bertz CT molecular complexity index is 462. The molecule has 3 nitrogen and oxygen atoms in total. The maximum atomic E-state index is 11.7. The van der Waals surface area contributed by atoms with E-state index in [9.17, 15) is 4.79 Å². The summed E-state index contributed by atoms with van der Waals surface area (Å²) < 4.78 is 5.11. The summed E-state index contributed by atoms with van der Waals surface area (Å²) in [4.78, 5) is 12.5. The monoisotopic (exact) mass is 233 g/mol. The van der Waals surface area contributed by atoms with Gasteiger partial charge in [0.25, 0.3) is 5.91 Å². The molecule has 0 saturated carbocycles. The van der Waals surface area contributed by atoms with Crippen molar-refractivity contribution in [2.75, 3.05) is 0 Å². The molecule has 0 fully saturated rings. The Balaban J connectivity index is 1.95. The van der Waals surface area contributed by atoms with Gasteiger partial charge in [-0.15, -0.1) is 12.6 Å². The van der Waals surface area contributed by atoms with Gasteiger partial charge < -0.3 is 9.73 Å². The van der Waals surface area contributed by atoms with Crippen molar-refractivity contribution in [1.29, 1.82) is 0 Å². The second-order valence-electron chi connectivity index (χ2n) is 3.31. The standard InChI is InChI=1S/C12H11NO2S/c14-12(9-3-5-11(16)6-4-9)13-8-10-2-1-7-15-10/h1-7,16H,8H2,(H,13,14). The Hall–Kier alpha value is -1.68. The molecule has 82 valence electrons. The summed E-state index contributed by atoms with van der Waals surface area (Å²) >= 11 is 4.15. The van der Waals surface area contributed by atoms with E-state index in [4.69, 9.17) is 4.42 Å². The molecule has 0 unspecified atom stereocenters. The summed E-state index contributed by atoms with van der Waals surface area (Å²) in [6.45, 7) is 0.397. The van der Waals surface area contributed by atoms with Gasteiger partial charge in [0.1, 0.15) is 5.76 Å². The minimum Gasteiger partial charge on any atom is -0.467 e. The van der Waals surface area contributed by atoms with Crippen LogP contribution in [0.15, 0.2) is 52.0 Å². The van der Waals surface area contributed by atoms with Crippen molar-refractivity contribution < 1.29 is 9.21 Å². The Morgan fingerprint density at radius 3 is 2.62 bits per heavy atom. The number of nitrogens with one attached hydrogen (secondary N) is 1. The second kappa shape index (κ2) is 4.90. The largest absolute Gasteiger partial charge is 0.467 e. The number of furan rings is 1. The topological polar surface area (TPSA) is 42.2 Å². The molecule has 0 saturated heterocycles. The fourth-order valence-electron chi connectivity index (χ4n) is 1.30. The van der Waals surface area contributed by atoms with Crippen LogP contribution < -0.4 is 5.32 Å². The third-order valence-corrected chi connectivity index (χ3v) is 2.43. The van der Waals surface area contributed by atoms with E-state index in [0.29, 0.717) is 12.1 Å². The van der Waals surface area contributed by atoms with Gasteiger partial charge in [0, 0.05) is 10.5 Å². The van der Waals surface area contributed by atoms with E-state index in [1.54, 1.807) is 36.6 Å². The molecule has 16 heavy (non-hydrogen) atoms. The van der Waals surface area contributed by atoms with Crippen LogP contribution in [0.1, 0.15) is 16.1 Å². The van der Waals surface area contributed by atoms with Crippen LogP contribution in [0.2, 0.25) is 0 Å². The highest BCUT2D eigenvalue weighted by molar-refractivity contribution is 7.80. The van der Waals surface area contributed by atoms with Gasteiger partial charge in [-0.1, -0.05) is 0 Å². The Morgan fingerprint density at radius 2 is 2.00 bits per heavy atom. The van der Waals surface area contributed by atoms with Gasteiger partial charge in [-0.3, -0.25) is 4.79 Å². The lowest BCUT2D eigenvalue weighted by Crippen LogP contribution is -2.22. The number of thiol groups is 1. The molecular weight excluding hydrogens is 222 g/mol. The van der Waals surface area contributed by atoms with Crippen molar-refractivity contribution in [2.45, 2.75) is 11.4 Å². The van der Waals surface area contributed by atoms with Gasteiger partial charge in [-0.05, 0) is 36.4 Å². The fourth-order valence-corrected chi connectivity index (χ4v) is 1.44. The highest BCUT2D eigenvalue weighted by atomic mass is 32.1. The molecule has 0 bridgehead atoms. The van der Waals surface area contributed by atoms with E-state index < -0.39 is 0 Å². The molecule has 0 aliphatic rings. The molecule has 2 aromatic rings. The quantitative estimate of drug-likeness (QED) is 0.800. The van der Waals surface area contributed by atoms with Crippen molar-refractivity contribution in [3.8, 4) is 0 Å². The van der Waals surface area contributed by atoms with Gasteiger partial charge >= 0.3 is 0 Å². The molecular formula is C12H11NO2S. The van der Waals surface area contributed by atoms with Gasteiger partial charge in [0.05, 0.1) is 12.8 Å². The van der Waals surface area contributed by atoms with E-state index in [-0.39, 0.29) is 5.91 Å². The first kappa shape index (κ1) is 10.8. The van der Waals surface area contributed by atoms with Gasteiger partial charge in [-0.2, -0.15) is 0 Å². The fraction of sp³-hybridized carbons (Fsp3) is 0.0833. The van der Waals surface area contributed by atoms with Gasteiger partial charge in [0.15, 0.2) is 0 Å². The molecule has 0 aliphatic carbocycles. The molecule has 1 aromatic carbocycles. The minimum atomic E-state index is -0.121. The average molecular weight is 233 g/mol. The van der Waals surface area contributed by atoms with Crippen molar-refractivity contribution >= 4 is 18.5 Å². The van der Waals surface area contributed by atoms with Crippen LogP contribution in [-0.2, 0) is 6.54 Å². The number of carbonyl (C=O) groups excluding carboxylic acids is 1. The molecule has 1 heterocycles. The van der Waals surface area contributed by atoms with Gasteiger partial charge in [0.2, 0.25) is 0 Å². The number of carbonyl (C=O) groups is 1. The first-order valence-electron chi connectivity index (χ1n) is 4.85. The molecule has 1 N–H and O–H groups in total. The Labute approximate surface area is 98.9 Å². The molecule has 1 amide bonds. The normalized spacial score (nSPS) is 10.1. The SMILES string of the molecule is O=C(NCc1ccco1)c1ccc(S)cc1. The summed E-state index contributed by atoms with van der Waals surface area (Å²) in [5, 5.41) is 2.76. The highest BCUT2D eigenvalue weighted by Crippen LogP contribution is 2.08. The predicted molar refractivity (Wildman–Crippen MR) is 63.6 cm³/mol. The summed E-state index contributed by atoms with van der Waals surface area (Å²) in [5.74, 6) is 0.615. The minimum absolute atomic E-state index is 0.121. The maximum Gasteiger partial charge on any atom is 0.251 e. The van der Waals surface area contributed by atoms with E-state index >= 15 is 0 Å². The van der Waals surface area contributed by atoms with Crippen LogP contribution in [0.4, 0.5) is 0 Å². The second-order valence-corrected chi connectivity index (χ2v) is 3.83. The van der Waals surface area contributed by atoms with Crippen molar-refractivity contribution in [2.24, 2.45) is 0 Å². The van der Waals surface area contributed by atoms with Crippen LogP contribution in [-0.4, -0.2) is 5.91 Å².